The summed E-state index contributed by atoms with van der Waals surface area (Å²) in [5.41, 5.74) is 6.36. The first-order valence-electron chi connectivity index (χ1n) is 9.43. The van der Waals surface area contributed by atoms with E-state index >= 15 is 0 Å². The van der Waals surface area contributed by atoms with E-state index in [1.807, 2.05) is 46.0 Å². The fourth-order valence-electron chi connectivity index (χ4n) is 3.57. The molecular formula is C20H27N5O2. The van der Waals surface area contributed by atoms with E-state index < -0.39 is 0 Å². The fraction of sp³-hybridized carbons (Fsp3) is 0.450. The van der Waals surface area contributed by atoms with Crippen LogP contribution in [0.5, 0.6) is 0 Å². The van der Waals surface area contributed by atoms with Crippen molar-refractivity contribution in [2.75, 3.05) is 19.6 Å². The maximum absolute atomic E-state index is 12.8. The molecule has 0 bridgehead atoms. The summed E-state index contributed by atoms with van der Waals surface area (Å²) in [4.78, 5) is 30.0. The molecule has 0 saturated carbocycles. The Morgan fingerprint density at radius 2 is 1.96 bits per heavy atom. The number of nitrogens with one attached hydrogen (secondary N) is 1. The van der Waals surface area contributed by atoms with E-state index in [1.165, 1.54) is 0 Å². The fourth-order valence-corrected chi connectivity index (χ4v) is 3.57. The van der Waals surface area contributed by atoms with Crippen molar-refractivity contribution in [3.8, 4) is 0 Å². The van der Waals surface area contributed by atoms with Crippen LogP contribution in [0.1, 0.15) is 30.9 Å². The van der Waals surface area contributed by atoms with Crippen LogP contribution in [0, 0.1) is 5.92 Å². The Morgan fingerprint density at radius 3 is 2.59 bits per heavy atom. The van der Waals surface area contributed by atoms with Crippen LogP contribution in [0.3, 0.4) is 0 Å². The van der Waals surface area contributed by atoms with E-state index in [1.54, 1.807) is 12.5 Å². The number of piperidine rings is 1. The molecule has 0 aliphatic carbocycles. The van der Waals surface area contributed by atoms with Crippen LogP contribution in [0.15, 0.2) is 49.1 Å². The largest absolute Gasteiger partial charge is 0.369 e. The molecule has 3 rings (SSSR count). The lowest BCUT2D eigenvalue weighted by molar-refractivity contribution is -0.127. The van der Waals surface area contributed by atoms with Gasteiger partial charge in [-0.05, 0) is 37.9 Å². The monoisotopic (exact) mass is 369 g/mol. The van der Waals surface area contributed by atoms with Crippen LogP contribution in [0.2, 0.25) is 0 Å². The Balaban J connectivity index is 1.58. The molecule has 0 unspecified atom stereocenters. The van der Waals surface area contributed by atoms with Gasteiger partial charge in [0.2, 0.25) is 11.8 Å². The highest BCUT2D eigenvalue weighted by Crippen LogP contribution is 2.22. The van der Waals surface area contributed by atoms with Crippen LogP contribution >= 0.6 is 0 Å². The number of hydrogen-bond donors (Lipinski definition) is 2. The number of carbonyl (C=O) groups excluding carboxylic acids is 2. The molecule has 0 radical (unpaired) electrons. The van der Waals surface area contributed by atoms with Gasteiger partial charge in [-0.1, -0.05) is 30.3 Å². The van der Waals surface area contributed by atoms with E-state index in [2.05, 4.69) is 10.3 Å². The van der Waals surface area contributed by atoms with Crippen molar-refractivity contribution >= 4 is 11.8 Å². The van der Waals surface area contributed by atoms with Crippen molar-refractivity contribution in [2.24, 2.45) is 11.7 Å². The first-order chi connectivity index (χ1) is 13.1. The van der Waals surface area contributed by atoms with Gasteiger partial charge in [0.15, 0.2) is 0 Å². The minimum Gasteiger partial charge on any atom is -0.369 e. The number of aryl methyl sites for hydroxylation is 1. The SMILES string of the molecule is NC(=O)CN1CCC(C(=O)N[C@@H](CCn2ccnc2)c2ccccc2)CC1. The number of likely N-dealkylation sites (tertiary alicyclic amines) is 1. The lowest BCUT2D eigenvalue weighted by atomic mass is 9.94. The summed E-state index contributed by atoms with van der Waals surface area (Å²) in [6.07, 6.45) is 7.78. The van der Waals surface area contributed by atoms with Crippen molar-refractivity contribution < 1.29 is 9.59 Å². The Hall–Kier alpha value is -2.67. The lowest BCUT2D eigenvalue weighted by Crippen LogP contribution is -2.44. The molecule has 1 aromatic carbocycles. The zero-order valence-corrected chi connectivity index (χ0v) is 15.5. The zero-order chi connectivity index (χ0) is 19.1. The minimum absolute atomic E-state index is 0.0198. The van der Waals surface area contributed by atoms with Crippen molar-refractivity contribution in [1.29, 1.82) is 0 Å². The smallest absolute Gasteiger partial charge is 0.231 e. The average Bonchev–Trinajstić information content (AvgIpc) is 3.19. The van der Waals surface area contributed by atoms with Gasteiger partial charge in [0.1, 0.15) is 0 Å². The zero-order valence-electron chi connectivity index (χ0n) is 15.5. The predicted octanol–water partition coefficient (Wildman–Crippen LogP) is 1.33. The average molecular weight is 369 g/mol. The molecule has 1 saturated heterocycles. The molecule has 1 aromatic heterocycles. The Morgan fingerprint density at radius 1 is 1.22 bits per heavy atom. The molecule has 3 N–H and O–H groups in total. The van der Waals surface area contributed by atoms with Gasteiger partial charge in [0.25, 0.3) is 0 Å². The van der Waals surface area contributed by atoms with E-state index in [-0.39, 0.29) is 30.3 Å². The summed E-state index contributed by atoms with van der Waals surface area (Å²) in [6, 6.07) is 10.0. The molecule has 1 fully saturated rings. The summed E-state index contributed by atoms with van der Waals surface area (Å²) >= 11 is 0. The van der Waals surface area contributed by atoms with E-state index in [4.69, 9.17) is 5.73 Å². The normalized spacial score (nSPS) is 16.7. The van der Waals surface area contributed by atoms with Crippen molar-refractivity contribution in [1.82, 2.24) is 19.8 Å². The first-order valence-corrected chi connectivity index (χ1v) is 9.43. The predicted molar refractivity (Wildman–Crippen MR) is 103 cm³/mol. The van der Waals surface area contributed by atoms with Gasteiger partial charge in [-0.25, -0.2) is 4.98 Å². The quantitative estimate of drug-likeness (QED) is 0.734. The Kier molecular flexibility index (Phi) is 6.59. The molecule has 0 spiro atoms. The Labute approximate surface area is 159 Å². The topological polar surface area (TPSA) is 93.3 Å². The standard InChI is InChI=1S/C20H27N5O2/c21-19(26)14-24-10-6-17(7-11-24)20(27)23-18(16-4-2-1-3-5-16)8-12-25-13-9-22-15-25/h1-5,9,13,15,17-18H,6-8,10-12,14H2,(H2,21,26)(H,23,27)/t18-/m0/s1. The van der Waals surface area contributed by atoms with E-state index in [0.29, 0.717) is 0 Å². The summed E-state index contributed by atoms with van der Waals surface area (Å²) in [5.74, 6) is -0.247. The van der Waals surface area contributed by atoms with Crippen molar-refractivity contribution in [2.45, 2.75) is 31.8 Å². The molecule has 27 heavy (non-hydrogen) atoms. The number of primary amides is 1. The first kappa shape index (κ1) is 19.1. The lowest BCUT2D eigenvalue weighted by Gasteiger charge is -2.31. The molecule has 2 aromatic rings. The number of imidazole rings is 1. The molecular weight excluding hydrogens is 342 g/mol. The maximum atomic E-state index is 12.8. The number of rotatable bonds is 8. The van der Waals surface area contributed by atoms with Crippen LogP contribution in [-0.2, 0) is 16.1 Å². The third-order valence-electron chi connectivity index (χ3n) is 5.09. The van der Waals surface area contributed by atoms with Gasteiger partial charge in [0.05, 0.1) is 18.9 Å². The molecule has 1 aliphatic rings. The molecule has 1 atom stereocenters. The highest BCUT2D eigenvalue weighted by molar-refractivity contribution is 5.79. The molecule has 7 nitrogen and oxygen atoms in total. The maximum Gasteiger partial charge on any atom is 0.231 e. The third kappa shape index (κ3) is 5.65. The number of carbonyl (C=O) groups is 2. The van der Waals surface area contributed by atoms with Crippen molar-refractivity contribution in [3.05, 3.63) is 54.6 Å². The second-order valence-electron chi connectivity index (χ2n) is 7.08. The number of benzene rings is 1. The van der Waals surface area contributed by atoms with Crippen LogP contribution in [-0.4, -0.2) is 45.9 Å². The Bertz CT molecular complexity index is 724. The summed E-state index contributed by atoms with van der Waals surface area (Å²) in [6.45, 7) is 2.51. The number of nitrogens with zero attached hydrogens (tertiary/aromatic N) is 3. The van der Waals surface area contributed by atoms with Gasteiger partial charge >= 0.3 is 0 Å². The van der Waals surface area contributed by atoms with Gasteiger partial charge in [0, 0.05) is 24.9 Å². The third-order valence-corrected chi connectivity index (χ3v) is 5.09. The van der Waals surface area contributed by atoms with Gasteiger partial charge in [-0.3, -0.25) is 14.5 Å². The molecule has 144 valence electrons. The molecule has 2 amide bonds. The number of aromatic nitrogens is 2. The second-order valence-corrected chi connectivity index (χ2v) is 7.08. The summed E-state index contributed by atoms with van der Waals surface area (Å²) in [7, 11) is 0. The molecule has 2 heterocycles. The number of amides is 2. The molecule has 7 heteroatoms. The minimum atomic E-state index is -0.318. The van der Waals surface area contributed by atoms with E-state index in [0.717, 1.165) is 44.5 Å². The van der Waals surface area contributed by atoms with Crippen LogP contribution in [0.25, 0.3) is 0 Å². The highest BCUT2D eigenvalue weighted by atomic mass is 16.2. The second kappa shape index (κ2) is 9.32. The summed E-state index contributed by atoms with van der Waals surface area (Å²) in [5, 5.41) is 3.24. The molecule has 1 aliphatic heterocycles. The number of nitrogens with two attached hydrogens (primary N) is 1. The van der Waals surface area contributed by atoms with Gasteiger partial charge < -0.3 is 15.6 Å². The van der Waals surface area contributed by atoms with Crippen LogP contribution in [0.4, 0.5) is 0 Å². The highest BCUT2D eigenvalue weighted by Gasteiger charge is 2.27. The summed E-state index contributed by atoms with van der Waals surface area (Å²) < 4.78 is 2.02. The number of hydrogen-bond acceptors (Lipinski definition) is 4. The van der Waals surface area contributed by atoms with Gasteiger partial charge in [-0.2, -0.15) is 0 Å². The van der Waals surface area contributed by atoms with Crippen LogP contribution < -0.4 is 11.1 Å². The van der Waals surface area contributed by atoms with Gasteiger partial charge in [-0.15, -0.1) is 0 Å². The van der Waals surface area contributed by atoms with Crippen molar-refractivity contribution in [3.63, 3.8) is 0 Å². The van der Waals surface area contributed by atoms with E-state index in [9.17, 15) is 9.59 Å².